The summed E-state index contributed by atoms with van der Waals surface area (Å²) < 4.78 is 3.91. The highest BCUT2D eigenvalue weighted by atomic mass is 16.1. The molecular weight excluding hydrogens is 280 g/mol. The Bertz CT molecular complexity index is 646. The van der Waals surface area contributed by atoms with Gasteiger partial charge in [-0.25, -0.2) is 0 Å². The van der Waals surface area contributed by atoms with E-state index in [4.69, 9.17) is 0 Å². The van der Waals surface area contributed by atoms with Crippen molar-refractivity contribution in [2.75, 3.05) is 18.4 Å². The zero-order valence-corrected chi connectivity index (χ0v) is 13.1. The lowest BCUT2D eigenvalue weighted by Gasteiger charge is -2.15. The highest BCUT2D eigenvalue weighted by molar-refractivity contribution is 5.87. The number of rotatable bonds is 5. The van der Waals surface area contributed by atoms with Gasteiger partial charge in [0.2, 0.25) is 5.91 Å². The molecule has 7 nitrogen and oxygen atoms in total. The Morgan fingerprint density at radius 1 is 1.50 bits per heavy atom. The van der Waals surface area contributed by atoms with Gasteiger partial charge in [-0.2, -0.15) is 10.2 Å². The SMILES string of the molecule is CCn1cc(CN2CC[C@@H](n3ccc(NC(C)=O)n3)C2)cn1. The number of amides is 1. The van der Waals surface area contributed by atoms with Gasteiger partial charge in [-0.05, 0) is 13.3 Å². The fourth-order valence-corrected chi connectivity index (χ4v) is 2.88. The molecule has 0 radical (unpaired) electrons. The lowest BCUT2D eigenvalue weighted by Crippen LogP contribution is -2.21. The van der Waals surface area contributed by atoms with Crippen LogP contribution in [0.25, 0.3) is 0 Å². The maximum absolute atomic E-state index is 11.0. The van der Waals surface area contributed by atoms with Crippen molar-refractivity contribution in [2.24, 2.45) is 0 Å². The number of hydrogen-bond acceptors (Lipinski definition) is 4. The molecule has 0 bridgehead atoms. The van der Waals surface area contributed by atoms with Crippen molar-refractivity contribution in [2.45, 2.75) is 39.4 Å². The summed E-state index contributed by atoms with van der Waals surface area (Å²) in [5, 5.41) is 11.5. The highest BCUT2D eigenvalue weighted by Gasteiger charge is 2.24. The largest absolute Gasteiger partial charge is 0.309 e. The summed E-state index contributed by atoms with van der Waals surface area (Å²) in [4.78, 5) is 13.5. The van der Waals surface area contributed by atoms with Crippen molar-refractivity contribution < 1.29 is 4.79 Å². The Morgan fingerprint density at radius 3 is 3.09 bits per heavy atom. The average Bonchev–Trinajstić information content (AvgIpc) is 3.18. The predicted molar refractivity (Wildman–Crippen MR) is 83.4 cm³/mol. The Kier molecular flexibility index (Phi) is 4.24. The van der Waals surface area contributed by atoms with Crippen LogP contribution in [0.4, 0.5) is 5.82 Å². The zero-order chi connectivity index (χ0) is 15.5. The summed E-state index contributed by atoms with van der Waals surface area (Å²) >= 11 is 0. The van der Waals surface area contributed by atoms with E-state index in [-0.39, 0.29) is 5.91 Å². The summed E-state index contributed by atoms with van der Waals surface area (Å²) in [6.07, 6.45) is 7.06. The van der Waals surface area contributed by atoms with Gasteiger partial charge in [0, 0.05) is 57.1 Å². The molecule has 2 aromatic rings. The fraction of sp³-hybridized carbons (Fsp3) is 0.533. The molecule has 1 saturated heterocycles. The molecule has 0 aliphatic carbocycles. The first kappa shape index (κ1) is 14.8. The third kappa shape index (κ3) is 3.36. The second kappa shape index (κ2) is 6.31. The van der Waals surface area contributed by atoms with Gasteiger partial charge in [-0.15, -0.1) is 0 Å². The van der Waals surface area contributed by atoms with Crippen LogP contribution in [0, 0.1) is 0 Å². The molecule has 0 unspecified atom stereocenters. The summed E-state index contributed by atoms with van der Waals surface area (Å²) in [5.41, 5.74) is 1.25. The summed E-state index contributed by atoms with van der Waals surface area (Å²) in [6.45, 7) is 7.44. The second-order valence-electron chi connectivity index (χ2n) is 5.74. The predicted octanol–water partition coefficient (Wildman–Crippen LogP) is 1.50. The molecule has 22 heavy (non-hydrogen) atoms. The first-order chi connectivity index (χ1) is 10.6. The Labute approximate surface area is 129 Å². The number of nitrogens with zero attached hydrogens (tertiary/aromatic N) is 5. The van der Waals surface area contributed by atoms with Crippen molar-refractivity contribution >= 4 is 11.7 Å². The number of nitrogens with one attached hydrogen (secondary N) is 1. The van der Waals surface area contributed by atoms with Crippen LogP contribution in [-0.2, 0) is 17.9 Å². The Hall–Kier alpha value is -2.15. The third-order valence-electron chi connectivity index (χ3n) is 3.95. The van der Waals surface area contributed by atoms with Gasteiger partial charge in [-0.1, -0.05) is 0 Å². The summed E-state index contributed by atoms with van der Waals surface area (Å²) in [6, 6.07) is 2.21. The molecule has 2 aromatic heterocycles. The molecule has 7 heteroatoms. The molecule has 1 aliphatic rings. The van der Waals surface area contributed by atoms with Gasteiger partial charge in [0.15, 0.2) is 5.82 Å². The molecule has 1 aliphatic heterocycles. The van der Waals surface area contributed by atoms with Crippen LogP contribution in [0.2, 0.25) is 0 Å². The van der Waals surface area contributed by atoms with Crippen molar-refractivity contribution in [3.63, 3.8) is 0 Å². The molecule has 0 spiro atoms. The number of carbonyl (C=O) groups is 1. The van der Waals surface area contributed by atoms with E-state index < -0.39 is 0 Å². The average molecular weight is 302 g/mol. The molecule has 1 atom stereocenters. The molecule has 1 fully saturated rings. The molecule has 118 valence electrons. The number of aryl methyl sites for hydroxylation is 1. The number of hydrogen-bond donors (Lipinski definition) is 1. The Balaban J connectivity index is 1.57. The molecule has 3 heterocycles. The van der Waals surface area contributed by atoms with Crippen LogP contribution < -0.4 is 5.32 Å². The molecule has 1 amide bonds. The quantitative estimate of drug-likeness (QED) is 0.909. The van der Waals surface area contributed by atoms with Crippen LogP contribution in [0.1, 0.15) is 31.9 Å². The van der Waals surface area contributed by atoms with E-state index in [1.807, 2.05) is 27.8 Å². The molecule has 3 rings (SSSR count). The number of anilines is 1. The smallest absolute Gasteiger partial charge is 0.222 e. The minimum absolute atomic E-state index is 0.0914. The minimum atomic E-state index is -0.0914. The normalized spacial score (nSPS) is 18.7. The van der Waals surface area contributed by atoms with Gasteiger partial charge in [-0.3, -0.25) is 19.1 Å². The van der Waals surface area contributed by atoms with Crippen molar-refractivity contribution in [3.05, 3.63) is 30.2 Å². The van der Waals surface area contributed by atoms with Gasteiger partial charge in [0.25, 0.3) is 0 Å². The van der Waals surface area contributed by atoms with E-state index in [9.17, 15) is 4.79 Å². The third-order valence-corrected chi connectivity index (χ3v) is 3.95. The molecule has 0 saturated carbocycles. The molecular formula is C15H22N6O. The van der Waals surface area contributed by atoms with Crippen molar-refractivity contribution in [1.82, 2.24) is 24.5 Å². The maximum atomic E-state index is 11.0. The molecule has 1 N–H and O–H groups in total. The maximum Gasteiger partial charge on any atom is 0.222 e. The second-order valence-corrected chi connectivity index (χ2v) is 5.74. The lowest BCUT2D eigenvalue weighted by atomic mass is 10.3. The van der Waals surface area contributed by atoms with Crippen LogP contribution in [0.15, 0.2) is 24.7 Å². The van der Waals surface area contributed by atoms with Crippen LogP contribution >= 0.6 is 0 Å². The fourth-order valence-electron chi connectivity index (χ4n) is 2.88. The first-order valence-corrected chi connectivity index (χ1v) is 7.70. The van der Waals surface area contributed by atoms with Crippen molar-refractivity contribution in [3.8, 4) is 0 Å². The first-order valence-electron chi connectivity index (χ1n) is 7.70. The van der Waals surface area contributed by atoms with Crippen molar-refractivity contribution in [1.29, 1.82) is 0 Å². The van der Waals surface area contributed by atoms with Crippen LogP contribution in [0.5, 0.6) is 0 Å². The van der Waals surface area contributed by atoms with Gasteiger partial charge >= 0.3 is 0 Å². The number of aromatic nitrogens is 4. The van der Waals surface area contributed by atoms with Gasteiger partial charge < -0.3 is 5.32 Å². The monoisotopic (exact) mass is 302 g/mol. The minimum Gasteiger partial charge on any atom is -0.309 e. The summed E-state index contributed by atoms with van der Waals surface area (Å²) in [7, 11) is 0. The Morgan fingerprint density at radius 2 is 2.36 bits per heavy atom. The van der Waals surface area contributed by atoms with E-state index in [1.54, 1.807) is 0 Å². The number of carbonyl (C=O) groups excluding carboxylic acids is 1. The number of likely N-dealkylation sites (tertiary alicyclic amines) is 1. The standard InChI is InChI=1S/C15H22N6O/c1-3-20-10-13(8-16-20)9-19-6-4-14(11-19)21-7-5-15(18-21)17-12(2)22/h5,7-8,10,14H,3-4,6,9,11H2,1-2H3,(H,17,18,22)/t14-/m1/s1. The topological polar surface area (TPSA) is 68.0 Å². The zero-order valence-electron chi connectivity index (χ0n) is 13.1. The van der Waals surface area contributed by atoms with Crippen LogP contribution in [0.3, 0.4) is 0 Å². The van der Waals surface area contributed by atoms with E-state index in [1.165, 1.54) is 12.5 Å². The van der Waals surface area contributed by atoms with Gasteiger partial charge in [0.1, 0.15) is 0 Å². The van der Waals surface area contributed by atoms with E-state index >= 15 is 0 Å². The van der Waals surface area contributed by atoms with E-state index in [2.05, 4.69) is 33.5 Å². The lowest BCUT2D eigenvalue weighted by molar-refractivity contribution is -0.114. The van der Waals surface area contributed by atoms with Gasteiger partial charge in [0.05, 0.1) is 12.2 Å². The molecule has 0 aromatic carbocycles. The van der Waals surface area contributed by atoms with E-state index in [0.717, 1.165) is 32.6 Å². The van der Waals surface area contributed by atoms with E-state index in [0.29, 0.717) is 11.9 Å². The summed E-state index contributed by atoms with van der Waals surface area (Å²) in [5.74, 6) is 0.529. The van der Waals surface area contributed by atoms with Crippen LogP contribution in [-0.4, -0.2) is 43.5 Å². The highest BCUT2D eigenvalue weighted by Crippen LogP contribution is 2.23.